The molecule has 2 aromatic carbocycles. The van der Waals surface area contributed by atoms with E-state index in [1.807, 2.05) is 0 Å². The third kappa shape index (κ3) is 7.21. The van der Waals surface area contributed by atoms with Crippen LogP contribution in [0.15, 0.2) is 42.5 Å². The zero-order valence-corrected chi connectivity index (χ0v) is 22.9. The minimum absolute atomic E-state index is 0.0273. The van der Waals surface area contributed by atoms with Crippen LogP contribution in [0.3, 0.4) is 0 Å². The molecule has 0 saturated heterocycles. The molecular weight excluding hydrogens is 512 g/mol. The minimum Gasteiger partial charge on any atom is -0.497 e. The Balaban J connectivity index is 1.95. The number of nitro groups is 1. The molecule has 1 N–H and O–H groups in total. The van der Waals surface area contributed by atoms with Gasteiger partial charge < -0.3 is 15.0 Å². The van der Waals surface area contributed by atoms with Gasteiger partial charge >= 0.3 is 0 Å². The lowest BCUT2D eigenvalue weighted by Gasteiger charge is -2.32. The van der Waals surface area contributed by atoms with Crippen LogP contribution in [0.1, 0.15) is 43.7 Å². The highest BCUT2D eigenvalue weighted by molar-refractivity contribution is 7.92. The number of nitrogens with one attached hydrogen (secondary N) is 1. The van der Waals surface area contributed by atoms with Gasteiger partial charge in [-0.25, -0.2) is 8.42 Å². The van der Waals surface area contributed by atoms with E-state index in [1.54, 1.807) is 38.1 Å². The highest BCUT2D eigenvalue weighted by Crippen LogP contribution is 2.28. The van der Waals surface area contributed by atoms with Crippen molar-refractivity contribution in [3.63, 3.8) is 0 Å². The number of benzene rings is 2. The molecule has 2 amide bonds. The van der Waals surface area contributed by atoms with E-state index in [1.165, 1.54) is 24.1 Å². The van der Waals surface area contributed by atoms with Crippen molar-refractivity contribution < 1.29 is 27.7 Å². The number of ether oxygens (including phenoxy) is 1. The average molecular weight is 547 g/mol. The first kappa shape index (κ1) is 28.9. The molecule has 1 unspecified atom stereocenters. The van der Waals surface area contributed by atoms with Crippen LogP contribution in [-0.4, -0.2) is 62.0 Å². The van der Waals surface area contributed by atoms with Crippen LogP contribution in [-0.2, 0) is 26.2 Å². The summed E-state index contributed by atoms with van der Waals surface area (Å²) in [5.74, 6) is -0.383. The molecule has 3 rings (SSSR count). The minimum atomic E-state index is -4.02. The summed E-state index contributed by atoms with van der Waals surface area (Å²) in [6.45, 7) is 2.60. The molecule has 11 nitrogen and oxygen atoms in total. The molecule has 0 aliphatic heterocycles. The summed E-state index contributed by atoms with van der Waals surface area (Å²) in [5.41, 5.74) is 0.861. The van der Waals surface area contributed by atoms with Crippen molar-refractivity contribution >= 4 is 33.2 Å². The van der Waals surface area contributed by atoms with Gasteiger partial charge in [0, 0.05) is 24.7 Å². The number of carbonyl (C=O) groups is 2. The van der Waals surface area contributed by atoms with Crippen molar-refractivity contribution in [3.8, 4) is 5.75 Å². The molecule has 0 radical (unpaired) electrons. The molecule has 206 valence electrons. The Bertz CT molecular complexity index is 1290. The van der Waals surface area contributed by atoms with Crippen LogP contribution in [0.25, 0.3) is 0 Å². The van der Waals surface area contributed by atoms with E-state index in [0.29, 0.717) is 16.9 Å². The maximum atomic E-state index is 13.7. The number of rotatable bonds is 11. The number of hydrogen-bond donors (Lipinski definition) is 1. The van der Waals surface area contributed by atoms with Gasteiger partial charge in [0.05, 0.1) is 24.0 Å². The Morgan fingerprint density at radius 3 is 2.47 bits per heavy atom. The lowest BCUT2D eigenvalue weighted by molar-refractivity contribution is -0.384. The molecule has 2 aromatic rings. The van der Waals surface area contributed by atoms with Crippen molar-refractivity contribution in [2.45, 2.75) is 58.2 Å². The van der Waals surface area contributed by atoms with Crippen LogP contribution in [0.2, 0.25) is 0 Å². The second-order valence-electron chi connectivity index (χ2n) is 9.54. The lowest BCUT2D eigenvalue weighted by atomic mass is 10.1. The standard InChI is InChI=1S/C26H34N4O7S/c1-18-12-13-22(30(33)34)15-24(18)29(38(4,35)36)17-25(31)28(16-20-8-7-11-23(14-20)37-3)19(2)26(32)27-21-9-5-6-10-21/h7-8,11-15,19,21H,5-6,9-10,16-17H2,1-4H3,(H,27,32). The third-order valence-corrected chi connectivity index (χ3v) is 7.83. The number of aryl methyl sites for hydroxylation is 1. The Kier molecular flexibility index (Phi) is 9.31. The van der Waals surface area contributed by atoms with E-state index < -0.39 is 33.4 Å². The second kappa shape index (κ2) is 12.2. The fourth-order valence-electron chi connectivity index (χ4n) is 4.52. The predicted octanol–water partition coefficient (Wildman–Crippen LogP) is 3.15. The third-order valence-electron chi connectivity index (χ3n) is 6.71. The lowest BCUT2D eigenvalue weighted by Crippen LogP contribution is -2.52. The van der Waals surface area contributed by atoms with Crippen LogP contribution in [0.5, 0.6) is 5.75 Å². The Labute approximate surface area is 223 Å². The number of non-ortho nitro benzene ring substituents is 1. The van der Waals surface area contributed by atoms with Crippen molar-refractivity contribution in [2.75, 3.05) is 24.2 Å². The van der Waals surface area contributed by atoms with E-state index in [0.717, 1.165) is 42.3 Å². The molecule has 12 heteroatoms. The molecule has 1 atom stereocenters. The molecule has 1 saturated carbocycles. The number of hydrogen-bond acceptors (Lipinski definition) is 7. The van der Waals surface area contributed by atoms with E-state index >= 15 is 0 Å². The Hall–Kier alpha value is -3.67. The summed E-state index contributed by atoms with van der Waals surface area (Å²) >= 11 is 0. The van der Waals surface area contributed by atoms with Gasteiger partial charge in [0.15, 0.2) is 0 Å². The van der Waals surface area contributed by atoms with Gasteiger partial charge in [-0.2, -0.15) is 0 Å². The van der Waals surface area contributed by atoms with Crippen molar-refractivity contribution in [1.82, 2.24) is 10.2 Å². The van der Waals surface area contributed by atoms with Crippen LogP contribution in [0, 0.1) is 17.0 Å². The molecule has 1 aliphatic carbocycles. The SMILES string of the molecule is COc1cccc(CN(C(=O)CN(c2cc([N+](=O)[O-])ccc2C)S(C)(=O)=O)C(C)C(=O)NC2CCCC2)c1. The van der Waals surface area contributed by atoms with Gasteiger partial charge in [-0.05, 0) is 49.9 Å². The highest BCUT2D eigenvalue weighted by atomic mass is 32.2. The van der Waals surface area contributed by atoms with Gasteiger partial charge in [-0.1, -0.05) is 31.0 Å². The van der Waals surface area contributed by atoms with E-state index in [2.05, 4.69) is 5.32 Å². The first-order valence-electron chi connectivity index (χ1n) is 12.4. The molecule has 0 bridgehead atoms. The first-order chi connectivity index (χ1) is 17.9. The zero-order chi connectivity index (χ0) is 28.0. The van der Waals surface area contributed by atoms with Crippen LogP contribution in [0.4, 0.5) is 11.4 Å². The number of nitrogens with zero attached hydrogens (tertiary/aromatic N) is 3. The first-order valence-corrected chi connectivity index (χ1v) is 14.2. The summed E-state index contributed by atoms with van der Waals surface area (Å²) in [7, 11) is -2.50. The van der Waals surface area contributed by atoms with E-state index in [-0.39, 0.29) is 29.9 Å². The topological polar surface area (TPSA) is 139 Å². The maximum Gasteiger partial charge on any atom is 0.271 e. The normalized spacial score (nSPS) is 14.5. The molecule has 1 fully saturated rings. The van der Waals surface area contributed by atoms with Gasteiger partial charge in [0.25, 0.3) is 5.69 Å². The predicted molar refractivity (Wildman–Crippen MR) is 143 cm³/mol. The zero-order valence-electron chi connectivity index (χ0n) is 22.0. The molecule has 1 aliphatic rings. The Morgan fingerprint density at radius 1 is 1.18 bits per heavy atom. The van der Waals surface area contributed by atoms with E-state index in [9.17, 15) is 28.1 Å². The number of anilines is 1. The van der Waals surface area contributed by atoms with Gasteiger partial charge in [0.1, 0.15) is 18.3 Å². The summed E-state index contributed by atoms with van der Waals surface area (Å²) < 4.78 is 31.7. The number of carbonyl (C=O) groups excluding carboxylic acids is 2. The van der Waals surface area contributed by atoms with Crippen molar-refractivity contribution in [3.05, 3.63) is 63.7 Å². The second-order valence-corrected chi connectivity index (χ2v) is 11.4. The summed E-state index contributed by atoms with van der Waals surface area (Å²) in [4.78, 5) is 38.9. The number of sulfonamides is 1. The number of methoxy groups -OCH3 is 1. The van der Waals surface area contributed by atoms with Gasteiger partial charge in [-0.3, -0.25) is 24.0 Å². The average Bonchev–Trinajstić information content (AvgIpc) is 3.38. The van der Waals surface area contributed by atoms with E-state index in [4.69, 9.17) is 4.74 Å². The summed E-state index contributed by atoms with van der Waals surface area (Å²) in [6, 6.07) is 10.0. The number of nitro benzene ring substituents is 1. The fraction of sp³-hybridized carbons (Fsp3) is 0.462. The molecule has 0 heterocycles. The number of amides is 2. The van der Waals surface area contributed by atoms with Crippen molar-refractivity contribution in [2.24, 2.45) is 0 Å². The summed E-state index contributed by atoms with van der Waals surface area (Å²) in [6.07, 6.45) is 4.73. The fourth-order valence-corrected chi connectivity index (χ4v) is 5.42. The molecular formula is C26H34N4O7S. The quantitative estimate of drug-likeness (QED) is 0.337. The van der Waals surface area contributed by atoms with Crippen LogP contribution >= 0.6 is 0 Å². The maximum absolute atomic E-state index is 13.7. The van der Waals surface area contributed by atoms with Gasteiger partial charge in [-0.15, -0.1) is 0 Å². The summed E-state index contributed by atoms with van der Waals surface area (Å²) in [5, 5.41) is 14.3. The van der Waals surface area contributed by atoms with Crippen LogP contribution < -0.4 is 14.4 Å². The van der Waals surface area contributed by atoms with Crippen molar-refractivity contribution in [1.29, 1.82) is 0 Å². The smallest absolute Gasteiger partial charge is 0.271 e. The molecule has 38 heavy (non-hydrogen) atoms. The van der Waals surface area contributed by atoms with Gasteiger partial charge in [0.2, 0.25) is 21.8 Å². The largest absolute Gasteiger partial charge is 0.497 e. The Morgan fingerprint density at radius 2 is 1.87 bits per heavy atom. The highest BCUT2D eigenvalue weighted by Gasteiger charge is 2.32. The molecule has 0 aromatic heterocycles. The monoisotopic (exact) mass is 546 g/mol. The molecule has 0 spiro atoms.